The Morgan fingerprint density at radius 1 is 0.486 bits per heavy atom. The third kappa shape index (κ3) is 2.11. The number of para-hydroxylation sites is 4. The van der Waals surface area contributed by atoms with Crippen molar-refractivity contribution in [2.75, 3.05) is 4.90 Å². The fraction of sp³-hybridized carbons (Fsp3) is 0. The predicted molar refractivity (Wildman–Crippen MR) is 143 cm³/mol. The average molecular weight is 445 g/mol. The molecule has 0 spiro atoms. The summed E-state index contributed by atoms with van der Waals surface area (Å²) in [6, 6.07) is 36.6. The number of nitrogens with zero attached hydrogens (tertiary/aromatic N) is 1. The Kier molecular flexibility index (Phi) is 3.19. The van der Waals surface area contributed by atoms with Gasteiger partial charge in [-0.1, -0.05) is 72.8 Å². The van der Waals surface area contributed by atoms with Crippen molar-refractivity contribution < 1.29 is 9.31 Å². The van der Waals surface area contributed by atoms with Crippen LogP contribution in [0, 0.1) is 0 Å². The van der Waals surface area contributed by atoms with E-state index in [4.69, 9.17) is 9.31 Å². The monoisotopic (exact) mass is 445 g/mol. The quantitative estimate of drug-likeness (QED) is 0.335. The van der Waals surface area contributed by atoms with Gasteiger partial charge in [0.15, 0.2) is 0 Å². The fourth-order valence-electron chi connectivity index (χ4n) is 6.51. The molecule has 160 valence electrons. The molecule has 0 unspecified atom stereocenters. The fourth-order valence-corrected chi connectivity index (χ4v) is 6.51. The lowest BCUT2D eigenvalue weighted by molar-refractivity contribution is 0.587. The van der Waals surface area contributed by atoms with Crippen molar-refractivity contribution in [1.82, 2.24) is 0 Å². The molecule has 3 nitrogen and oxygen atoms in total. The van der Waals surface area contributed by atoms with Crippen molar-refractivity contribution in [3.63, 3.8) is 0 Å². The van der Waals surface area contributed by atoms with Gasteiger partial charge in [-0.2, -0.15) is 0 Å². The minimum Gasteiger partial charge on any atom is -0.551 e. The Labute approximate surface area is 203 Å². The second-order valence-electron chi connectivity index (χ2n) is 9.59. The minimum absolute atomic E-state index is 0.157. The average Bonchev–Trinajstić information content (AvgIpc) is 2.93. The Bertz CT molecular complexity index is 1620. The second-order valence-corrected chi connectivity index (χ2v) is 9.59. The molecule has 0 amide bonds. The van der Waals surface area contributed by atoms with Crippen LogP contribution in [0.25, 0.3) is 22.3 Å². The van der Waals surface area contributed by atoms with Crippen LogP contribution in [-0.4, -0.2) is 13.8 Å². The zero-order valence-electron chi connectivity index (χ0n) is 18.7. The standard InChI is InChI=1S/C30H17B2NO2/c1-7-15-26-18(9-1)20-17-21-19-10-2-8-16-27(19)35-32-23-12-4-6-14-25(23)33-24-13-5-3-11-22(24)31(34-26)28(20)30(33)29(21)32/h1-17H. The van der Waals surface area contributed by atoms with Gasteiger partial charge in [0, 0.05) is 39.1 Å². The van der Waals surface area contributed by atoms with E-state index in [0.717, 1.165) is 22.6 Å². The highest BCUT2D eigenvalue weighted by molar-refractivity contribution is 6.91. The first kappa shape index (κ1) is 18.0. The molecule has 0 fully saturated rings. The largest absolute Gasteiger partial charge is 0.551 e. The molecule has 0 radical (unpaired) electrons. The van der Waals surface area contributed by atoms with E-state index < -0.39 is 0 Å². The van der Waals surface area contributed by atoms with Crippen molar-refractivity contribution in [3.8, 4) is 33.8 Å². The van der Waals surface area contributed by atoms with E-state index in [-0.39, 0.29) is 13.8 Å². The van der Waals surface area contributed by atoms with Crippen LogP contribution in [0.2, 0.25) is 0 Å². The first-order valence-corrected chi connectivity index (χ1v) is 12.1. The van der Waals surface area contributed by atoms with Crippen LogP contribution >= 0.6 is 0 Å². The Hall–Kier alpha value is -4.37. The topological polar surface area (TPSA) is 21.7 Å². The lowest BCUT2D eigenvalue weighted by atomic mass is 9.43. The van der Waals surface area contributed by atoms with Crippen LogP contribution in [0.5, 0.6) is 11.5 Å². The highest BCUT2D eigenvalue weighted by Gasteiger charge is 2.50. The van der Waals surface area contributed by atoms with Gasteiger partial charge >= 0.3 is 13.8 Å². The number of rotatable bonds is 0. The summed E-state index contributed by atoms with van der Waals surface area (Å²) in [5.74, 6) is 1.88. The van der Waals surface area contributed by atoms with Crippen molar-refractivity contribution in [2.24, 2.45) is 0 Å². The zero-order chi connectivity index (χ0) is 22.7. The normalized spacial score (nSPS) is 14.6. The van der Waals surface area contributed by atoms with Gasteiger partial charge in [-0.25, -0.2) is 0 Å². The maximum atomic E-state index is 6.75. The van der Waals surface area contributed by atoms with Crippen LogP contribution in [0.4, 0.5) is 17.1 Å². The summed E-state index contributed by atoms with van der Waals surface area (Å²) in [5, 5.41) is 0. The third-order valence-corrected chi connectivity index (χ3v) is 7.89. The molecule has 5 aromatic carbocycles. The molecule has 0 atom stereocenters. The van der Waals surface area contributed by atoms with Crippen LogP contribution in [0.1, 0.15) is 0 Å². The Morgan fingerprint density at radius 2 is 0.943 bits per heavy atom. The van der Waals surface area contributed by atoms with Gasteiger partial charge < -0.3 is 14.2 Å². The molecule has 9 rings (SSSR count). The molecule has 0 saturated heterocycles. The Morgan fingerprint density at radius 3 is 1.49 bits per heavy atom. The van der Waals surface area contributed by atoms with E-state index in [0.29, 0.717) is 0 Å². The predicted octanol–water partition coefficient (Wildman–Crippen LogP) is 4.11. The summed E-state index contributed by atoms with van der Waals surface area (Å²) in [4.78, 5) is 2.45. The molecular formula is C30H17B2NO2. The number of anilines is 3. The highest BCUT2D eigenvalue weighted by atomic mass is 16.4. The van der Waals surface area contributed by atoms with Crippen LogP contribution in [0.3, 0.4) is 0 Å². The van der Waals surface area contributed by atoms with E-state index >= 15 is 0 Å². The highest BCUT2D eigenvalue weighted by Crippen LogP contribution is 2.47. The van der Waals surface area contributed by atoms with Crippen LogP contribution in [0.15, 0.2) is 103 Å². The zero-order valence-corrected chi connectivity index (χ0v) is 18.7. The maximum absolute atomic E-state index is 6.75. The summed E-state index contributed by atoms with van der Waals surface area (Å²) in [6.07, 6.45) is 0. The van der Waals surface area contributed by atoms with Crippen LogP contribution in [-0.2, 0) is 0 Å². The van der Waals surface area contributed by atoms with E-state index in [9.17, 15) is 0 Å². The van der Waals surface area contributed by atoms with Gasteiger partial charge in [-0.15, -0.1) is 0 Å². The van der Waals surface area contributed by atoms with Crippen LogP contribution < -0.4 is 36.1 Å². The van der Waals surface area contributed by atoms with Gasteiger partial charge in [0.2, 0.25) is 0 Å². The first-order valence-electron chi connectivity index (χ1n) is 12.1. The molecule has 0 N–H and O–H groups in total. The Balaban J connectivity index is 1.50. The van der Waals surface area contributed by atoms with Crippen molar-refractivity contribution in [3.05, 3.63) is 103 Å². The maximum Gasteiger partial charge on any atom is 0.431 e. The third-order valence-electron chi connectivity index (χ3n) is 7.89. The molecule has 0 saturated carbocycles. The number of hydrogen-bond acceptors (Lipinski definition) is 3. The van der Waals surface area contributed by atoms with Gasteiger partial charge in [0.1, 0.15) is 11.5 Å². The molecule has 4 aliphatic heterocycles. The number of hydrogen-bond donors (Lipinski definition) is 0. The lowest BCUT2D eigenvalue weighted by Gasteiger charge is -2.46. The first-order chi connectivity index (χ1) is 17.4. The molecule has 4 heterocycles. The SMILES string of the molecule is c1ccc2c(c1)OB1c3ccccc3N3c4ccccc4B4Oc5ccccc5-c5cc-2c1c3c54. The molecule has 35 heavy (non-hydrogen) atoms. The molecule has 5 aromatic rings. The number of benzene rings is 5. The summed E-state index contributed by atoms with van der Waals surface area (Å²) in [6.45, 7) is -0.313. The molecule has 0 aliphatic carbocycles. The molecule has 5 heteroatoms. The van der Waals surface area contributed by atoms with Crippen molar-refractivity contribution >= 4 is 52.7 Å². The van der Waals surface area contributed by atoms with Gasteiger partial charge in [-0.05, 0) is 52.4 Å². The summed E-state index contributed by atoms with van der Waals surface area (Å²) in [7, 11) is 0. The van der Waals surface area contributed by atoms with E-state index in [1.807, 2.05) is 0 Å². The lowest BCUT2D eigenvalue weighted by Crippen LogP contribution is -2.64. The summed E-state index contributed by atoms with van der Waals surface area (Å²) < 4.78 is 13.5. The van der Waals surface area contributed by atoms with E-state index in [1.54, 1.807) is 0 Å². The number of fused-ring (bicyclic) bond motifs is 10. The van der Waals surface area contributed by atoms with Crippen molar-refractivity contribution in [1.29, 1.82) is 0 Å². The van der Waals surface area contributed by atoms with Crippen molar-refractivity contribution in [2.45, 2.75) is 0 Å². The molecule has 0 bridgehead atoms. The molecule has 4 aliphatic rings. The van der Waals surface area contributed by atoms with Gasteiger partial charge in [0.25, 0.3) is 0 Å². The van der Waals surface area contributed by atoms with E-state index in [2.05, 4.69) is 108 Å². The molecule has 0 aromatic heterocycles. The smallest absolute Gasteiger partial charge is 0.431 e. The summed E-state index contributed by atoms with van der Waals surface area (Å²) in [5.41, 5.74) is 13.2. The minimum atomic E-state index is -0.157. The van der Waals surface area contributed by atoms with Gasteiger partial charge in [-0.3, -0.25) is 0 Å². The second kappa shape index (κ2) is 6.19. The van der Waals surface area contributed by atoms with Gasteiger partial charge in [0.05, 0.1) is 0 Å². The van der Waals surface area contributed by atoms with E-state index in [1.165, 1.54) is 50.0 Å². The molecular weight excluding hydrogens is 428 g/mol. The summed E-state index contributed by atoms with van der Waals surface area (Å²) >= 11 is 0.